The van der Waals surface area contributed by atoms with Crippen LogP contribution in [0.15, 0.2) is 36.4 Å². The highest BCUT2D eigenvalue weighted by molar-refractivity contribution is 6.31. The molecule has 2 aromatic carbocycles. The number of anilines is 1. The maximum Gasteiger partial charge on any atom is 0.302 e. The summed E-state index contributed by atoms with van der Waals surface area (Å²) in [5.41, 5.74) is 0.523. The van der Waals surface area contributed by atoms with E-state index in [1.165, 1.54) is 25.1 Å². The largest absolute Gasteiger partial charge is 0.545 e. The van der Waals surface area contributed by atoms with Gasteiger partial charge in [0.15, 0.2) is 11.6 Å². The van der Waals surface area contributed by atoms with Crippen molar-refractivity contribution in [3.05, 3.63) is 64.2 Å². The molecule has 0 unspecified atom stereocenters. The van der Waals surface area contributed by atoms with Gasteiger partial charge in [0.1, 0.15) is 0 Å². The average Bonchev–Trinajstić information content (AvgIpc) is 2.65. The number of rotatable bonds is 6. The third kappa shape index (κ3) is 3.44. The Bertz CT molecular complexity index is 963. The van der Waals surface area contributed by atoms with Gasteiger partial charge in [0.2, 0.25) is 0 Å². The van der Waals surface area contributed by atoms with E-state index in [0.717, 1.165) is 0 Å². The summed E-state index contributed by atoms with van der Waals surface area (Å²) in [7, 11) is 0. The molecule has 0 fully saturated rings. The van der Waals surface area contributed by atoms with Gasteiger partial charge in [-0.2, -0.15) is 0 Å². The zero-order chi connectivity index (χ0) is 19.6. The summed E-state index contributed by atoms with van der Waals surface area (Å²) in [4.78, 5) is 48.0. The van der Waals surface area contributed by atoms with Crippen molar-refractivity contribution in [1.82, 2.24) is 0 Å². The first-order valence-corrected chi connectivity index (χ1v) is 8.36. The first kappa shape index (κ1) is 18.3. The summed E-state index contributed by atoms with van der Waals surface area (Å²) in [6.45, 7) is 1.68. The monoisotopic (exact) mass is 366 g/mol. The summed E-state index contributed by atoms with van der Waals surface area (Å²) in [5.74, 6) is -2.64. The van der Waals surface area contributed by atoms with Crippen LogP contribution >= 0.6 is 0 Å². The molecule has 0 aliphatic heterocycles. The molecule has 0 aromatic heterocycles. The quantitative estimate of drug-likeness (QED) is 0.515. The number of esters is 1. The number of ketones is 2. The highest BCUT2D eigenvalue weighted by atomic mass is 16.5. The molecule has 0 radical (unpaired) electrons. The summed E-state index contributed by atoms with van der Waals surface area (Å²) in [5, 5.41) is 14.4. The molecule has 1 N–H and O–H groups in total. The topological polar surface area (TPSA) is 113 Å². The zero-order valence-electron chi connectivity index (χ0n) is 14.5. The van der Waals surface area contributed by atoms with Gasteiger partial charge in [-0.3, -0.25) is 14.4 Å². The van der Waals surface area contributed by atoms with Crippen LogP contribution in [0.2, 0.25) is 0 Å². The molecule has 0 bridgehead atoms. The minimum absolute atomic E-state index is 0.0212. The van der Waals surface area contributed by atoms with Crippen molar-refractivity contribution in [3.8, 4) is 0 Å². The highest BCUT2D eigenvalue weighted by Crippen LogP contribution is 2.34. The Morgan fingerprint density at radius 1 is 1.00 bits per heavy atom. The number of carboxylic acids is 1. The van der Waals surface area contributed by atoms with Gasteiger partial charge >= 0.3 is 5.97 Å². The minimum atomic E-state index is -1.46. The number of carbonyl (C=O) groups is 4. The lowest BCUT2D eigenvalue weighted by molar-refractivity contribution is -0.254. The van der Waals surface area contributed by atoms with Gasteiger partial charge in [0.25, 0.3) is 0 Å². The molecular weight excluding hydrogens is 350 g/mol. The molecule has 7 nitrogen and oxygen atoms in total. The summed E-state index contributed by atoms with van der Waals surface area (Å²) in [6.07, 6.45) is 0.397. The van der Waals surface area contributed by atoms with Gasteiger partial charge in [-0.05, 0) is 12.5 Å². The van der Waals surface area contributed by atoms with Crippen LogP contribution < -0.4 is 10.4 Å². The molecule has 2 aromatic rings. The van der Waals surface area contributed by atoms with E-state index in [0.29, 0.717) is 6.42 Å². The van der Waals surface area contributed by atoms with Crippen LogP contribution in [-0.2, 0) is 9.53 Å². The fourth-order valence-electron chi connectivity index (χ4n) is 3.04. The fraction of sp³-hybridized carbons (Fsp3) is 0.200. The lowest BCUT2D eigenvalue weighted by Gasteiger charge is -2.23. The number of fused-ring (bicyclic) bond motifs is 2. The highest BCUT2D eigenvalue weighted by Gasteiger charge is 2.32. The SMILES string of the molecule is CC(=O)OCCCNc1c(C(=O)[O-])ccc2c1C(=O)c1ccccc1C2=O. The number of hydrogen-bond acceptors (Lipinski definition) is 7. The smallest absolute Gasteiger partial charge is 0.302 e. The number of ether oxygens (including phenoxy) is 1. The molecule has 1 aliphatic carbocycles. The second kappa shape index (κ2) is 7.41. The van der Waals surface area contributed by atoms with Crippen molar-refractivity contribution in [2.24, 2.45) is 0 Å². The molecule has 0 amide bonds. The molecule has 0 saturated carbocycles. The minimum Gasteiger partial charge on any atom is -0.545 e. The lowest BCUT2D eigenvalue weighted by Crippen LogP contribution is -2.28. The molecule has 0 atom stereocenters. The second-order valence-electron chi connectivity index (χ2n) is 6.02. The van der Waals surface area contributed by atoms with Gasteiger partial charge in [0.05, 0.1) is 23.8 Å². The number of carbonyl (C=O) groups excluding carboxylic acids is 4. The normalized spacial score (nSPS) is 12.2. The molecule has 0 heterocycles. The van der Waals surface area contributed by atoms with Crippen LogP contribution in [0.4, 0.5) is 5.69 Å². The number of nitrogens with one attached hydrogen (secondary N) is 1. The standard InChI is InChI=1S/C20H17NO6/c1-11(22)27-10-4-9-21-17-15(20(25)26)8-7-14-16(17)19(24)13-6-3-2-5-12(13)18(14)23/h2-3,5-8,21H,4,9-10H2,1H3,(H,25,26)/p-1. The molecule has 3 rings (SSSR count). The average molecular weight is 366 g/mol. The number of carboxylic acid groups (broad SMARTS) is 1. The van der Waals surface area contributed by atoms with Crippen molar-refractivity contribution < 1.29 is 29.0 Å². The third-order valence-electron chi connectivity index (χ3n) is 4.24. The molecule has 27 heavy (non-hydrogen) atoms. The summed E-state index contributed by atoms with van der Waals surface area (Å²) in [6, 6.07) is 9.00. The fourth-order valence-corrected chi connectivity index (χ4v) is 3.04. The predicted molar refractivity (Wildman–Crippen MR) is 93.8 cm³/mol. The second-order valence-corrected chi connectivity index (χ2v) is 6.02. The van der Waals surface area contributed by atoms with E-state index in [1.807, 2.05) is 0 Å². The van der Waals surface area contributed by atoms with Gasteiger partial charge in [-0.15, -0.1) is 0 Å². The maximum absolute atomic E-state index is 13.0. The van der Waals surface area contributed by atoms with E-state index >= 15 is 0 Å². The molecule has 0 spiro atoms. The Morgan fingerprint density at radius 3 is 2.30 bits per heavy atom. The van der Waals surface area contributed by atoms with Crippen molar-refractivity contribution >= 4 is 29.2 Å². The van der Waals surface area contributed by atoms with E-state index in [1.54, 1.807) is 18.2 Å². The van der Waals surface area contributed by atoms with E-state index < -0.39 is 17.7 Å². The Kier molecular flexibility index (Phi) is 5.03. The van der Waals surface area contributed by atoms with E-state index in [2.05, 4.69) is 5.32 Å². The molecule has 7 heteroatoms. The van der Waals surface area contributed by atoms with E-state index in [-0.39, 0.29) is 52.4 Å². The van der Waals surface area contributed by atoms with Crippen molar-refractivity contribution in [1.29, 1.82) is 0 Å². The molecule has 1 aliphatic rings. The Labute approximate surface area is 155 Å². The van der Waals surface area contributed by atoms with Crippen LogP contribution in [0.1, 0.15) is 55.5 Å². The van der Waals surface area contributed by atoms with Gasteiger partial charge in [0, 0.05) is 35.7 Å². The van der Waals surface area contributed by atoms with Crippen LogP contribution in [0.25, 0.3) is 0 Å². The van der Waals surface area contributed by atoms with Crippen LogP contribution in [0.5, 0.6) is 0 Å². The first-order chi connectivity index (χ1) is 12.9. The van der Waals surface area contributed by atoms with Crippen molar-refractivity contribution in [2.75, 3.05) is 18.5 Å². The van der Waals surface area contributed by atoms with Crippen molar-refractivity contribution in [3.63, 3.8) is 0 Å². The Balaban J connectivity index is 1.99. The van der Waals surface area contributed by atoms with E-state index in [4.69, 9.17) is 4.74 Å². The predicted octanol–water partition coefficient (Wildman–Crippen LogP) is 1.19. The van der Waals surface area contributed by atoms with E-state index in [9.17, 15) is 24.3 Å². The number of benzene rings is 2. The number of aromatic carboxylic acids is 1. The molecular formula is C20H16NO6-. The summed E-state index contributed by atoms with van der Waals surface area (Å²) < 4.78 is 4.83. The maximum atomic E-state index is 13.0. The van der Waals surface area contributed by atoms with Gasteiger partial charge in [-0.1, -0.05) is 30.3 Å². The lowest BCUT2D eigenvalue weighted by atomic mass is 9.82. The summed E-state index contributed by atoms with van der Waals surface area (Å²) >= 11 is 0. The van der Waals surface area contributed by atoms with Gasteiger partial charge in [-0.25, -0.2) is 0 Å². The third-order valence-corrected chi connectivity index (χ3v) is 4.24. The van der Waals surface area contributed by atoms with Crippen LogP contribution in [-0.4, -0.2) is 36.7 Å². The first-order valence-electron chi connectivity index (χ1n) is 8.36. The van der Waals surface area contributed by atoms with Crippen LogP contribution in [0.3, 0.4) is 0 Å². The van der Waals surface area contributed by atoms with Gasteiger partial charge < -0.3 is 20.0 Å². The Hall–Kier alpha value is -3.48. The number of hydrogen-bond donors (Lipinski definition) is 1. The molecule has 138 valence electrons. The Morgan fingerprint density at radius 2 is 1.67 bits per heavy atom. The van der Waals surface area contributed by atoms with Crippen LogP contribution in [0, 0.1) is 0 Å². The van der Waals surface area contributed by atoms with Crippen molar-refractivity contribution in [2.45, 2.75) is 13.3 Å². The molecule has 0 saturated heterocycles. The zero-order valence-corrected chi connectivity index (χ0v) is 14.5.